The SMILES string of the molecule is CCC(NCCCCOCCOCCOC(C)(C)C)C(C)C. The lowest BCUT2D eigenvalue weighted by Gasteiger charge is -2.20. The molecule has 0 amide bonds. The summed E-state index contributed by atoms with van der Waals surface area (Å²) in [7, 11) is 0. The first-order valence-electron chi connectivity index (χ1n) is 8.89. The average Bonchev–Trinajstić information content (AvgIpc) is 2.42. The molecular weight excluding hydrogens is 278 g/mol. The van der Waals surface area contributed by atoms with E-state index < -0.39 is 0 Å². The Morgan fingerprint density at radius 2 is 1.45 bits per heavy atom. The van der Waals surface area contributed by atoms with Crippen LogP contribution in [-0.4, -0.2) is 51.2 Å². The lowest BCUT2D eigenvalue weighted by Crippen LogP contribution is -2.33. The number of ether oxygens (including phenoxy) is 3. The molecule has 0 spiro atoms. The van der Waals surface area contributed by atoms with Crippen LogP contribution < -0.4 is 5.32 Å². The topological polar surface area (TPSA) is 39.7 Å². The lowest BCUT2D eigenvalue weighted by atomic mass is 10.0. The van der Waals surface area contributed by atoms with Gasteiger partial charge in [-0.25, -0.2) is 0 Å². The predicted molar refractivity (Wildman–Crippen MR) is 93.5 cm³/mol. The van der Waals surface area contributed by atoms with Crippen molar-refractivity contribution in [3.8, 4) is 0 Å². The maximum absolute atomic E-state index is 5.57. The average molecular weight is 318 g/mol. The summed E-state index contributed by atoms with van der Waals surface area (Å²) in [5.74, 6) is 0.709. The molecule has 134 valence electrons. The van der Waals surface area contributed by atoms with Crippen molar-refractivity contribution in [2.75, 3.05) is 39.6 Å². The standard InChI is InChI=1S/C18H39NO3/c1-7-17(16(2)3)19-10-8-9-11-20-12-13-21-14-15-22-18(4,5)6/h16-17,19H,7-15H2,1-6H3. The van der Waals surface area contributed by atoms with Crippen LogP contribution in [0.5, 0.6) is 0 Å². The Morgan fingerprint density at radius 1 is 0.864 bits per heavy atom. The van der Waals surface area contributed by atoms with Crippen molar-refractivity contribution in [3.05, 3.63) is 0 Å². The van der Waals surface area contributed by atoms with Crippen molar-refractivity contribution in [1.29, 1.82) is 0 Å². The highest BCUT2D eigenvalue weighted by molar-refractivity contribution is 4.68. The van der Waals surface area contributed by atoms with Gasteiger partial charge in [-0.15, -0.1) is 0 Å². The van der Waals surface area contributed by atoms with Gasteiger partial charge in [0.15, 0.2) is 0 Å². The summed E-state index contributed by atoms with van der Waals surface area (Å²) in [5.41, 5.74) is -0.0831. The number of hydrogen-bond donors (Lipinski definition) is 1. The van der Waals surface area contributed by atoms with Gasteiger partial charge in [0.1, 0.15) is 0 Å². The monoisotopic (exact) mass is 317 g/mol. The third-order valence-corrected chi connectivity index (χ3v) is 3.50. The summed E-state index contributed by atoms with van der Waals surface area (Å²) in [5, 5.41) is 3.61. The fourth-order valence-electron chi connectivity index (χ4n) is 2.20. The van der Waals surface area contributed by atoms with Gasteiger partial charge in [-0.1, -0.05) is 20.8 Å². The summed E-state index contributed by atoms with van der Waals surface area (Å²) < 4.78 is 16.6. The van der Waals surface area contributed by atoms with E-state index in [2.05, 4.69) is 46.9 Å². The summed E-state index contributed by atoms with van der Waals surface area (Å²) >= 11 is 0. The van der Waals surface area contributed by atoms with Crippen molar-refractivity contribution in [3.63, 3.8) is 0 Å². The largest absolute Gasteiger partial charge is 0.379 e. The second-order valence-corrected chi connectivity index (χ2v) is 7.11. The molecule has 0 bridgehead atoms. The van der Waals surface area contributed by atoms with Gasteiger partial charge >= 0.3 is 0 Å². The first-order chi connectivity index (χ1) is 10.4. The zero-order valence-electron chi connectivity index (χ0n) is 15.7. The second kappa shape index (κ2) is 13.3. The molecule has 0 aromatic carbocycles. The zero-order valence-corrected chi connectivity index (χ0v) is 15.7. The molecule has 0 aromatic rings. The van der Waals surface area contributed by atoms with E-state index >= 15 is 0 Å². The smallest absolute Gasteiger partial charge is 0.0707 e. The molecule has 0 aliphatic carbocycles. The molecule has 1 N–H and O–H groups in total. The third kappa shape index (κ3) is 14.8. The van der Waals surface area contributed by atoms with Crippen molar-refractivity contribution in [2.24, 2.45) is 5.92 Å². The van der Waals surface area contributed by atoms with E-state index in [4.69, 9.17) is 14.2 Å². The number of rotatable bonds is 14. The van der Waals surface area contributed by atoms with Crippen molar-refractivity contribution in [2.45, 2.75) is 72.4 Å². The first-order valence-corrected chi connectivity index (χ1v) is 8.89. The molecule has 0 radical (unpaired) electrons. The minimum absolute atomic E-state index is 0.0831. The van der Waals surface area contributed by atoms with E-state index in [1.807, 2.05) is 0 Å². The molecule has 4 nitrogen and oxygen atoms in total. The van der Waals surface area contributed by atoms with Gasteiger partial charge in [0.2, 0.25) is 0 Å². The molecule has 0 aliphatic heterocycles. The molecule has 0 heterocycles. The maximum Gasteiger partial charge on any atom is 0.0707 e. The summed E-state index contributed by atoms with van der Waals surface area (Å²) in [6, 6.07) is 0.643. The minimum Gasteiger partial charge on any atom is -0.379 e. The van der Waals surface area contributed by atoms with E-state index in [1.54, 1.807) is 0 Å². The van der Waals surface area contributed by atoms with Crippen LogP contribution in [0.15, 0.2) is 0 Å². The van der Waals surface area contributed by atoms with Gasteiger partial charge in [0, 0.05) is 12.6 Å². The fourth-order valence-corrected chi connectivity index (χ4v) is 2.20. The van der Waals surface area contributed by atoms with Crippen LogP contribution >= 0.6 is 0 Å². The molecular formula is C18H39NO3. The quantitative estimate of drug-likeness (QED) is 0.497. The van der Waals surface area contributed by atoms with Crippen molar-refractivity contribution < 1.29 is 14.2 Å². The number of hydrogen-bond acceptors (Lipinski definition) is 4. The van der Waals surface area contributed by atoms with E-state index in [1.165, 1.54) is 12.8 Å². The predicted octanol–water partition coefficient (Wildman–Crippen LogP) is 3.64. The van der Waals surface area contributed by atoms with E-state index in [-0.39, 0.29) is 5.60 Å². The van der Waals surface area contributed by atoms with Crippen LogP contribution in [0.25, 0.3) is 0 Å². The van der Waals surface area contributed by atoms with Gasteiger partial charge in [0.25, 0.3) is 0 Å². The van der Waals surface area contributed by atoms with Gasteiger partial charge in [-0.3, -0.25) is 0 Å². The summed E-state index contributed by atoms with van der Waals surface area (Å²) in [6.45, 7) is 17.5. The van der Waals surface area contributed by atoms with Crippen LogP contribution in [0.1, 0.15) is 60.8 Å². The molecule has 0 aliphatic rings. The van der Waals surface area contributed by atoms with Crippen LogP contribution in [0.4, 0.5) is 0 Å². The summed E-state index contributed by atoms with van der Waals surface area (Å²) in [6.07, 6.45) is 3.47. The number of nitrogens with one attached hydrogen (secondary N) is 1. The van der Waals surface area contributed by atoms with Gasteiger partial charge in [-0.05, 0) is 52.5 Å². The highest BCUT2D eigenvalue weighted by Crippen LogP contribution is 2.06. The van der Waals surface area contributed by atoms with Gasteiger partial charge in [-0.2, -0.15) is 0 Å². The normalized spacial score (nSPS) is 13.8. The fraction of sp³-hybridized carbons (Fsp3) is 1.00. The van der Waals surface area contributed by atoms with Crippen LogP contribution in [0.3, 0.4) is 0 Å². The third-order valence-electron chi connectivity index (χ3n) is 3.50. The van der Waals surface area contributed by atoms with Gasteiger partial charge < -0.3 is 19.5 Å². The van der Waals surface area contributed by atoms with E-state index in [0.29, 0.717) is 38.4 Å². The Bertz CT molecular complexity index is 239. The second-order valence-electron chi connectivity index (χ2n) is 7.11. The lowest BCUT2D eigenvalue weighted by molar-refractivity contribution is -0.0425. The molecule has 1 atom stereocenters. The zero-order chi connectivity index (χ0) is 16.8. The Balaban J connectivity index is 3.21. The molecule has 0 rings (SSSR count). The Morgan fingerprint density at radius 3 is 2.00 bits per heavy atom. The molecule has 22 heavy (non-hydrogen) atoms. The van der Waals surface area contributed by atoms with Crippen molar-refractivity contribution >= 4 is 0 Å². The maximum atomic E-state index is 5.57. The van der Waals surface area contributed by atoms with Crippen molar-refractivity contribution in [1.82, 2.24) is 5.32 Å². The highest BCUT2D eigenvalue weighted by Gasteiger charge is 2.09. The van der Waals surface area contributed by atoms with Gasteiger partial charge in [0.05, 0.1) is 32.0 Å². The molecule has 4 heteroatoms. The highest BCUT2D eigenvalue weighted by atomic mass is 16.5. The van der Waals surface area contributed by atoms with E-state index in [0.717, 1.165) is 19.6 Å². The number of unbranched alkanes of at least 4 members (excludes halogenated alkanes) is 1. The molecule has 1 unspecified atom stereocenters. The van der Waals surface area contributed by atoms with Crippen LogP contribution in [0, 0.1) is 5.92 Å². The first kappa shape index (κ1) is 21.8. The minimum atomic E-state index is -0.0831. The Hall–Kier alpha value is -0.160. The van der Waals surface area contributed by atoms with E-state index in [9.17, 15) is 0 Å². The molecule has 0 saturated heterocycles. The Kier molecular flexibility index (Phi) is 13.2. The molecule has 0 fully saturated rings. The summed E-state index contributed by atoms with van der Waals surface area (Å²) in [4.78, 5) is 0. The molecule has 0 saturated carbocycles. The molecule has 0 aromatic heterocycles. The van der Waals surface area contributed by atoms with Crippen LogP contribution in [-0.2, 0) is 14.2 Å². The Labute approximate surface area is 138 Å². The van der Waals surface area contributed by atoms with Crippen LogP contribution in [0.2, 0.25) is 0 Å².